The maximum absolute atomic E-state index is 12.5. The molecule has 3 aromatic rings. The van der Waals surface area contributed by atoms with Gasteiger partial charge in [0.25, 0.3) is 5.91 Å². The normalized spacial score (nSPS) is 13.5. The van der Waals surface area contributed by atoms with Crippen LogP contribution in [0.3, 0.4) is 0 Å². The fourth-order valence-corrected chi connectivity index (χ4v) is 4.04. The molecule has 0 saturated carbocycles. The number of aromatic nitrogens is 1. The summed E-state index contributed by atoms with van der Waals surface area (Å²) in [5.74, 6) is -0.296. The largest absolute Gasteiger partial charge is 0.482 e. The number of anilines is 2. The Labute approximate surface area is 176 Å². The number of nitrogens with zero attached hydrogens (tertiary/aromatic N) is 2. The van der Waals surface area contributed by atoms with Gasteiger partial charge in [0.2, 0.25) is 15.9 Å². The van der Waals surface area contributed by atoms with Crippen molar-refractivity contribution in [2.45, 2.75) is 4.90 Å². The van der Waals surface area contributed by atoms with E-state index in [1.54, 1.807) is 17.6 Å². The topological polar surface area (TPSA) is 132 Å². The first-order valence-electron chi connectivity index (χ1n) is 8.70. The number of nitrogens with one attached hydrogen (secondary N) is 1. The Balaban J connectivity index is 1.54. The van der Waals surface area contributed by atoms with E-state index in [0.29, 0.717) is 17.1 Å². The number of carbonyl (C=O) groups is 2. The molecule has 0 bridgehead atoms. The first-order chi connectivity index (χ1) is 14.3. The van der Waals surface area contributed by atoms with E-state index in [2.05, 4.69) is 10.3 Å². The van der Waals surface area contributed by atoms with Crippen molar-refractivity contribution in [1.82, 2.24) is 4.98 Å². The number of fused-ring (bicyclic) bond motifs is 1. The molecule has 0 aliphatic carbocycles. The van der Waals surface area contributed by atoms with Crippen LogP contribution in [0.2, 0.25) is 0 Å². The van der Waals surface area contributed by atoms with Gasteiger partial charge in [-0.25, -0.2) is 18.5 Å². The number of hydrogen-bond acceptors (Lipinski definition) is 7. The Morgan fingerprint density at radius 2 is 2.00 bits per heavy atom. The lowest BCUT2D eigenvalue weighted by Crippen LogP contribution is -2.43. The van der Waals surface area contributed by atoms with Crippen LogP contribution in [0.25, 0.3) is 11.3 Å². The highest BCUT2D eigenvalue weighted by molar-refractivity contribution is 7.89. The summed E-state index contributed by atoms with van der Waals surface area (Å²) in [5, 5.41) is 9.59. The molecule has 9 nitrogen and oxygen atoms in total. The number of amides is 2. The zero-order valence-corrected chi connectivity index (χ0v) is 17.1. The molecule has 0 radical (unpaired) electrons. The van der Waals surface area contributed by atoms with Gasteiger partial charge in [0.15, 0.2) is 6.61 Å². The number of rotatable bonds is 5. The highest BCUT2D eigenvalue weighted by Crippen LogP contribution is 2.36. The lowest BCUT2D eigenvalue weighted by molar-refractivity contribution is -0.123. The average Bonchev–Trinajstić information content (AvgIpc) is 3.24. The van der Waals surface area contributed by atoms with E-state index in [-0.39, 0.29) is 24.0 Å². The molecule has 30 heavy (non-hydrogen) atoms. The fourth-order valence-electron chi connectivity index (χ4n) is 2.96. The van der Waals surface area contributed by atoms with Crippen LogP contribution in [0.4, 0.5) is 11.4 Å². The maximum atomic E-state index is 12.5. The Bertz CT molecular complexity index is 1210. The van der Waals surface area contributed by atoms with Crippen LogP contribution in [0.5, 0.6) is 5.75 Å². The van der Waals surface area contributed by atoms with Crippen molar-refractivity contribution in [1.29, 1.82) is 0 Å². The predicted molar refractivity (Wildman–Crippen MR) is 112 cm³/mol. The summed E-state index contributed by atoms with van der Waals surface area (Å²) in [7, 11) is -3.82. The second-order valence-electron chi connectivity index (χ2n) is 6.44. The summed E-state index contributed by atoms with van der Waals surface area (Å²) in [4.78, 5) is 30.5. The maximum Gasteiger partial charge on any atom is 0.265 e. The molecule has 1 aliphatic rings. The molecule has 154 valence electrons. The van der Waals surface area contributed by atoms with E-state index in [1.165, 1.54) is 40.5 Å². The Morgan fingerprint density at radius 1 is 1.23 bits per heavy atom. The van der Waals surface area contributed by atoms with E-state index in [0.717, 1.165) is 11.3 Å². The van der Waals surface area contributed by atoms with Crippen molar-refractivity contribution in [2.24, 2.45) is 5.14 Å². The third kappa shape index (κ3) is 4.17. The molecule has 4 rings (SSSR count). The Kier molecular flexibility index (Phi) is 5.24. The molecule has 0 atom stereocenters. The van der Waals surface area contributed by atoms with E-state index < -0.39 is 15.9 Å². The van der Waals surface area contributed by atoms with Gasteiger partial charge in [-0.3, -0.25) is 14.5 Å². The van der Waals surface area contributed by atoms with Gasteiger partial charge in [0, 0.05) is 16.6 Å². The summed E-state index contributed by atoms with van der Waals surface area (Å²) in [6.07, 6.45) is 0. The Morgan fingerprint density at radius 3 is 2.67 bits per heavy atom. The molecule has 11 heteroatoms. The van der Waals surface area contributed by atoms with E-state index in [4.69, 9.17) is 9.88 Å². The monoisotopic (exact) mass is 444 g/mol. The molecule has 3 N–H and O–H groups in total. The average molecular weight is 444 g/mol. The van der Waals surface area contributed by atoms with Crippen molar-refractivity contribution in [3.05, 3.63) is 53.4 Å². The van der Waals surface area contributed by atoms with Crippen molar-refractivity contribution in [2.75, 3.05) is 23.4 Å². The van der Waals surface area contributed by atoms with Crippen LogP contribution in [-0.2, 0) is 19.6 Å². The van der Waals surface area contributed by atoms with Crippen molar-refractivity contribution >= 4 is 44.5 Å². The zero-order chi connectivity index (χ0) is 21.3. The summed E-state index contributed by atoms with van der Waals surface area (Å²) in [6.45, 7) is -0.397. The third-order valence-corrected chi connectivity index (χ3v) is 5.91. The Hall–Kier alpha value is -3.28. The number of hydrogen-bond donors (Lipinski definition) is 2. The van der Waals surface area contributed by atoms with E-state index in [1.807, 2.05) is 11.4 Å². The van der Waals surface area contributed by atoms with Crippen LogP contribution in [0.1, 0.15) is 0 Å². The lowest BCUT2D eigenvalue weighted by Gasteiger charge is -2.29. The molecule has 1 aliphatic heterocycles. The molecule has 2 aromatic carbocycles. The molecule has 1 aromatic heterocycles. The number of sulfonamides is 1. The molecule has 2 heterocycles. The molecule has 0 fully saturated rings. The van der Waals surface area contributed by atoms with Crippen molar-refractivity contribution in [3.8, 4) is 17.0 Å². The predicted octanol–water partition coefficient (Wildman–Crippen LogP) is 1.82. The SMILES string of the molecule is NS(=O)(=O)c1ccc(NC(=O)CN2C(=O)COc3ccc(-c4cscn4)cc32)cc1. The van der Waals surface area contributed by atoms with Crippen LogP contribution in [0, 0.1) is 0 Å². The standard InChI is InChI=1S/C19H16N4O5S2/c20-30(26,27)14-4-2-13(3-5-14)22-18(24)8-23-16-7-12(15-10-29-11-21-15)1-6-17(16)28-9-19(23)25/h1-7,10-11H,8-9H2,(H,22,24)(H2,20,26,27). The second kappa shape index (κ2) is 7.86. The highest BCUT2D eigenvalue weighted by atomic mass is 32.2. The van der Waals surface area contributed by atoms with Crippen LogP contribution in [-0.4, -0.2) is 38.4 Å². The molecular formula is C19H16N4O5S2. The smallest absolute Gasteiger partial charge is 0.265 e. The van der Waals surface area contributed by atoms with Crippen LogP contribution >= 0.6 is 11.3 Å². The molecule has 0 saturated heterocycles. The summed E-state index contributed by atoms with van der Waals surface area (Å²) >= 11 is 1.45. The minimum atomic E-state index is -3.82. The van der Waals surface area contributed by atoms with Gasteiger partial charge in [-0.2, -0.15) is 0 Å². The van der Waals surface area contributed by atoms with Gasteiger partial charge in [-0.05, 0) is 42.5 Å². The van der Waals surface area contributed by atoms with E-state index in [9.17, 15) is 18.0 Å². The quantitative estimate of drug-likeness (QED) is 0.617. The minimum Gasteiger partial charge on any atom is -0.482 e. The van der Waals surface area contributed by atoms with Gasteiger partial charge in [-0.15, -0.1) is 11.3 Å². The number of carbonyl (C=O) groups excluding carboxylic acids is 2. The number of benzene rings is 2. The fraction of sp³-hybridized carbons (Fsp3) is 0.105. The summed E-state index contributed by atoms with van der Waals surface area (Å²) in [6, 6.07) is 10.8. The third-order valence-electron chi connectivity index (χ3n) is 4.40. The number of thiazole rings is 1. The zero-order valence-electron chi connectivity index (χ0n) is 15.4. The van der Waals surface area contributed by atoms with Gasteiger partial charge in [-0.1, -0.05) is 0 Å². The number of primary sulfonamides is 1. The molecular weight excluding hydrogens is 428 g/mol. The van der Waals surface area contributed by atoms with Gasteiger partial charge >= 0.3 is 0 Å². The van der Waals surface area contributed by atoms with Gasteiger partial charge in [0.05, 0.1) is 21.8 Å². The first kappa shape index (κ1) is 20.0. The number of nitrogens with two attached hydrogens (primary N) is 1. The van der Waals surface area contributed by atoms with Gasteiger partial charge < -0.3 is 10.1 Å². The van der Waals surface area contributed by atoms with E-state index >= 15 is 0 Å². The van der Waals surface area contributed by atoms with Crippen LogP contribution < -0.4 is 20.1 Å². The van der Waals surface area contributed by atoms with Crippen molar-refractivity contribution < 1.29 is 22.7 Å². The lowest BCUT2D eigenvalue weighted by atomic mass is 10.1. The first-order valence-corrected chi connectivity index (χ1v) is 11.2. The summed E-state index contributed by atoms with van der Waals surface area (Å²) < 4.78 is 28.1. The van der Waals surface area contributed by atoms with Crippen LogP contribution in [0.15, 0.2) is 58.3 Å². The molecule has 0 unspecified atom stereocenters. The molecule has 2 amide bonds. The molecule has 0 spiro atoms. The van der Waals surface area contributed by atoms with Crippen molar-refractivity contribution in [3.63, 3.8) is 0 Å². The van der Waals surface area contributed by atoms with Gasteiger partial charge in [0.1, 0.15) is 12.3 Å². The summed E-state index contributed by atoms with van der Waals surface area (Å²) in [5.41, 5.74) is 4.14. The number of ether oxygens (including phenoxy) is 1. The second-order valence-corrected chi connectivity index (χ2v) is 8.72. The highest BCUT2D eigenvalue weighted by Gasteiger charge is 2.28. The minimum absolute atomic E-state index is 0.0626.